The first kappa shape index (κ1) is 18.8. The van der Waals surface area contributed by atoms with Crippen LogP contribution in [0.3, 0.4) is 0 Å². The lowest BCUT2D eigenvalue weighted by Gasteiger charge is -2.20. The number of hydrogen-bond acceptors (Lipinski definition) is 2. The Kier molecular flexibility index (Phi) is 7.46. The van der Waals surface area contributed by atoms with Gasteiger partial charge >= 0.3 is 0 Å². The fourth-order valence-corrected chi connectivity index (χ4v) is 3.06. The van der Waals surface area contributed by atoms with Gasteiger partial charge in [0.1, 0.15) is 0 Å². The van der Waals surface area contributed by atoms with Gasteiger partial charge in [-0.3, -0.25) is 4.99 Å². The maximum Gasteiger partial charge on any atom is 0.191 e. The fraction of sp³-hybridized carbons (Fsp3) is 0.588. The molecule has 1 atom stereocenters. The number of hydrogen-bond donors (Lipinski definition) is 2. The van der Waals surface area contributed by atoms with E-state index in [2.05, 4.69) is 62.7 Å². The van der Waals surface area contributed by atoms with Crippen LogP contribution in [0.25, 0.3) is 0 Å². The first-order valence-electron chi connectivity index (χ1n) is 8.30. The first-order valence-corrected chi connectivity index (χ1v) is 9.09. The molecule has 1 aliphatic heterocycles. The van der Waals surface area contributed by atoms with E-state index in [0.29, 0.717) is 6.04 Å². The van der Waals surface area contributed by atoms with Crippen molar-refractivity contribution in [3.05, 3.63) is 28.7 Å². The summed E-state index contributed by atoms with van der Waals surface area (Å²) in [5.74, 6) is 1.82. The Labute approximate surface area is 164 Å². The van der Waals surface area contributed by atoms with Gasteiger partial charge in [-0.05, 0) is 56.4 Å². The van der Waals surface area contributed by atoms with Crippen molar-refractivity contribution in [1.29, 1.82) is 0 Å². The van der Waals surface area contributed by atoms with Crippen molar-refractivity contribution < 1.29 is 0 Å². The summed E-state index contributed by atoms with van der Waals surface area (Å²) in [6, 6.07) is 9.05. The molecule has 1 saturated carbocycles. The van der Waals surface area contributed by atoms with E-state index in [1.807, 2.05) is 0 Å². The third-order valence-corrected chi connectivity index (χ3v) is 4.80. The highest BCUT2D eigenvalue weighted by molar-refractivity contribution is 14.0. The number of halogens is 2. The van der Waals surface area contributed by atoms with E-state index in [4.69, 9.17) is 4.99 Å². The van der Waals surface area contributed by atoms with Gasteiger partial charge in [-0.1, -0.05) is 15.9 Å². The van der Waals surface area contributed by atoms with E-state index in [1.165, 1.54) is 18.5 Å². The molecular formula is C17H26BrIN4. The molecule has 1 unspecified atom stereocenters. The lowest BCUT2D eigenvalue weighted by molar-refractivity contribution is 0.647. The second-order valence-electron chi connectivity index (χ2n) is 6.22. The Bertz CT molecular complexity index is 516. The number of anilines is 1. The van der Waals surface area contributed by atoms with Crippen LogP contribution in [0.5, 0.6) is 0 Å². The summed E-state index contributed by atoms with van der Waals surface area (Å²) < 4.78 is 1.13. The van der Waals surface area contributed by atoms with Crippen molar-refractivity contribution in [2.75, 3.05) is 31.1 Å². The molecule has 1 aliphatic carbocycles. The fourth-order valence-electron chi connectivity index (χ4n) is 2.80. The molecule has 0 radical (unpaired) electrons. The minimum atomic E-state index is 0. The van der Waals surface area contributed by atoms with E-state index >= 15 is 0 Å². The van der Waals surface area contributed by atoms with E-state index in [-0.39, 0.29) is 24.0 Å². The summed E-state index contributed by atoms with van der Waals surface area (Å²) in [6.07, 6.45) is 3.86. The molecule has 0 spiro atoms. The number of nitrogens with zero attached hydrogens (tertiary/aromatic N) is 2. The zero-order valence-corrected chi connectivity index (χ0v) is 17.5. The number of aliphatic imine (C=N–C) groups is 1. The summed E-state index contributed by atoms with van der Waals surface area (Å²) >= 11 is 3.49. The average molecular weight is 493 g/mol. The molecule has 0 amide bonds. The quantitative estimate of drug-likeness (QED) is 0.374. The Balaban J connectivity index is 0.00000192. The Morgan fingerprint density at radius 3 is 2.65 bits per heavy atom. The van der Waals surface area contributed by atoms with Crippen LogP contribution in [0.1, 0.15) is 26.2 Å². The summed E-state index contributed by atoms with van der Waals surface area (Å²) in [5, 5.41) is 6.97. The molecular weight excluding hydrogens is 467 g/mol. The normalized spacial score (nSPS) is 21.0. The number of benzene rings is 1. The molecule has 0 bridgehead atoms. The zero-order valence-electron chi connectivity index (χ0n) is 13.6. The van der Waals surface area contributed by atoms with Crippen molar-refractivity contribution in [1.82, 2.24) is 10.6 Å². The molecule has 1 aromatic carbocycles. The number of guanidine groups is 1. The SMILES string of the molecule is CCNC(=NCC1CC1)NC1CCN(c2ccc(Br)cc2)C1.I. The Morgan fingerprint density at radius 2 is 2.00 bits per heavy atom. The molecule has 3 rings (SSSR count). The molecule has 4 nitrogen and oxygen atoms in total. The predicted molar refractivity (Wildman–Crippen MR) is 112 cm³/mol. The molecule has 23 heavy (non-hydrogen) atoms. The molecule has 1 aromatic rings. The molecule has 1 saturated heterocycles. The minimum Gasteiger partial charge on any atom is -0.369 e. The molecule has 1 heterocycles. The molecule has 0 aromatic heterocycles. The van der Waals surface area contributed by atoms with Crippen LogP contribution in [0.2, 0.25) is 0 Å². The van der Waals surface area contributed by atoms with E-state index < -0.39 is 0 Å². The molecule has 2 fully saturated rings. The summed E-state index contributed by atoms with van der Waals surface area (Å²) in [4.78, 5) is 7.16. The van der Waals surface area contributed by atoms with Gasteiger partial charge in [0.25, 0.3) is 0 Å². The summed E-state index contributed by atoms with van der Waals surface area (Å²) in [5.41, 5.74) is 1.30. The highest BCUT2D eigenvalue weighted by atomic mass is 127. The molecule has 128 valence electrons. The van der Waals surface area contributed by atoms with Crippen molar-refractivity contribution >= 4 is 51.6 Å². The maximum atomic E-state index is 4.72. The van der Waals surface area contributed by atoms with Crippen molar-refractivity contribution in [2.45, 2.75) is 32.2 Å². The highest BCUT2D eigenvalue weighted by Gasteiger charge is 2.24. The van der Waals surface area contributed by atoms with Crippen LogP contribution in [-0.2, 0) is 0 Å². The molecule has 2 N–H and O–H groups in total. The minimum absolute atomic E-state index is 0. The average Bonchev–Trinajstić information content (AvgIpc) is 3.24. The van der Waals surface area contributed by atoms with Gasteiger partial charge in [0.05, 0.1) is 0 Å². The molecule has 6 heteroatoms. The van der Waals surface area contributed by atoms with Gasteiger partial charge in [0.2, 0.25) is 0 Å². The van der Waals surface area contributed by atoms with Crippen molar-refractivity contribution in [3.8, 4) is 0 Å². The van der Waals surface area contributed by atoms with E-state index in [9.17, 15) is 0 Å². The number of rotatable bonds is 5. The number of nitrogens with one attached hydrogen (secondary N) is 2. The first-order chi connectivity index (χ1) is 10.7. The standard InChI is InChI=1S/C17H25BrN4.HI/c1-2-19-17(20-11-13-3-4-13)21-15-9-10-22(12-15)16-7-5-14(18)6-8-16;/h5-8,13,15H,2-4,9-12H2,1H3,(H2,19,20,21);1H. The molecule has 2 aliphatic rings. The maximum absolute atomic E-state index is 4.72. The van der Waals surface area contributed by atoms with Crippen molar-refractivity contribution in [3.63, 3.8) is 0 Å². The van der Waals surface area contributed by atoms with Gasteiger partial charge in [-0.2, -0.15) is 0 Å². The van der Waals surface area contributed by atoms with Crippen LogP contribution in [0.4, 0.5) is 5.69 Å². The Morgan fingerprint density at radius 1 is 1.26 bits per heavy atom. The van der Waals surface area contributed by atoms with Gasteiger partial charge in [0.15, 0.2) is 5.96 Å². The smallest absolute Gasteiger partial charge is 0.191 e. The van der Waals surface area contributed by atoms with Crippen LogP contribution in [0, 0.1) is 5.92 Å². The van der Waals surface area contributed by atoms with Crippen LogP contribution in [0.15, 0.2) is 33.7 Å². The largest absolute Gasteiger partial charge is 0.369 e. The van der Waals surface area contributed by atoms with Gasteiger partial charge in [-0.15, -0.1) is 24.0 Å². The van der Waals surface area contributed by atoms with Gasteiger partial charge in [0, 0.05) is 42.4 Å². The van der Waals surface area contributed by atoms with Crippen LogP contribution >= 0.6 is 39.9 Å². The van der Waals surface area contributed by atoms with Crippen molar-refractivity contribution in [2.24, 2.45) is 10.9 Å². The van der Waals surface area contributed by atoms with Crippen LogP contribution in [-0.4, -0.2) is 38.2 Å². The predicted octanol–water partition coefficient (Wildman–Crippen LogP) is 3.61. The van der Waals surface area contributed by atoms with E-state index in [0.717, 1.165) is 49.0 Å². The van der Waals surface area contributed by atoms with Gasteiger partial charge in [-0.25, -0.2) is 0 Å². The van der Waals surface area contributed by atoms with Crippen LogP contribution < -0.4 is 15.5 Å². The van der Waals surface area contributed by atoms with E-state index in [1.54, 1.807) is 0 Å². The third-order valence-electron chi connectivity index (χ3n) is 4.27. The summed E-state index contributed by atoms with van der Waals surface area (Å²) in [6.45, 7) is 6.14. The highest BCUT2D eigenvalue weighted by Crippen LogP contribution is 2.28. The second kappa shape index (κ2) is 9.11. The topological polar surface area (TPSA) is 39.7 Å². The van der Waals surface area contributed by atoms with Gasteiger partial charge < -0.3 is 15.5 Å². The monoisotopic (exact) mass is 492 g/mol. The second-order valence-corrected chi connectivity index (χ2v) is 7.13. The zero-order chi connectivity index (χ0) is 15.4. The third kappa shape index (κ3) is 5.81. The lowest BCUT2D eigenvalue weighted by atomic mass is 10.3. The Hall–Kier alpha value is -0.500. The summed E-state index contributed by atoms with van der Waals surface area (Å²) in [7, 11) is 0. The lowest BCUT2D eigenvalue weighted by Crippen LogP contribution is -2.44.